The Bertz CT molecular complexity index is 1050. The van der Waals surface area contributed by atoms with E-state index in [0.29, 0.717) is 11.7 Å². The van der Waals surface area contributed by atoms with Gasteiger partial charge >= 0.3 is 0 Å². The molecule has 1 unspecified atom stereocenters. The van der Waals surface area contributed by atoms with E-state index in [9.17, 15) is 4.79 Å². The lowest BCUT2D eigenvalue weighted by atomic mass is 10.0. The zero-order valence-electron chi connectivity index (χ0n) is 18.9. The molecule has 1 aliphatic heterocycles. The first-order chi connectivity index (χ1) is 15.6. The highest BCUT2D eigenvalue weighted by Crippen LogP contribution is 2.29. The highest BCUT2D eigenvalue weighted by atomic mass is 32.2. The average molecular weight is 455 g/mol. The van der Waals surface area contributed by atoms with Crippen LogP contribution in [0.5, 0.6) is 0 Å². The first-order valence-electron chi connectivity index (χ1n) is 11.2. The van der Waals surface area contributed by atoms with Crippen molar-refractivity contribution in [3.8, 4) is 11.4 Å². The summed E-state index contributed by atoms with van der Waals surface area (Å²) in [4.78, 5) is 12.8. The second-order valence-corrected chi connectivity index (χ2v) is 8.88. The molecule has 3 heterocycles. The van der Waals surface area contributed by atoms with Crippen LogP contribution in [0.1, 0.15) is 43.6 Å². The normalized spacial score (nSPS) is 15.9. The van der Waals surface area contributed by atoms with Gasteiger partial charge in [-0.15, -0.1) is 10.2 Å². The minimum atomic E-state index is -0.0432. The fraction of sp³-hybridized carbons (Fsp3) is 0.458. The molecule has 0 spiro atoms. The van der Waals surface area contributed by atoms with Crippen molar-refractivity contribution in [1.82, 2.24) is 14.8 Å². The molecule has 2 aromatic heterocycles. The molecule has 0 aliphatic carbocycles. The van der Waals surface area contributed by atoms with Gasteiger partial charge in [0.1, 0.15) is 5.76 Å². The van der Waals surface area contributed by atoms with E-state index in [1.807, 2.05) is 13.0 Å². The number of para-hydroxylation sites is 1. The molecule has 1 aliphatic rings. The lowest BCUT2D eigenvalue weighted by Gasteiger charge is -2.15. The van der Waals surface area contributed by atoms with Gasteiger partial charge in [0.2, 0.25) is 5.91 Å². The summed E-state index contributed by atoms with van der Waals surface area (Å²) in [5, 5.41) is 12.7. The van der Waals surface area contributed by atoms with Gasteiger partial charge in [0.25, 0.3) is 0 Å². The van der Waals surface area contributed by atoms with Crippen molar-refractivity contribution in [2.24, 2.45) is 0 Å². The van der Waals surface area contributed by atoms with E-state index in [2.05, 4.69) is 52.1 Å². The topological polar surface area (TPSA) is 82.2 Å². The van der Waals surface area contributed by atoms with E-state index >= 15 is 0 Å². The maximum atomic E-state index is 12.8. The number of rotatable bonds is 9. The van der Waals surface area contributed by atoms with Crippen LogP contribution in [0.3, 0.4) is 0 Å². The van der Waals surface area contributed by atoms with Gasteiger partial charge in [-0.2, -0.15) is 0 Å². The number of thioether (sulfide) groups is 1. The largest absolute Gasteiger partial charge is 0.469 e. The number of aryl methyl sites for hydroxylation is 3. The number of benzene rings is 1. The number of hydrogen-bond acceptors (Lipinski definition) is 6. The molecule has 1 amide bonds. The van der Waals surface area contributed by atoms with E-state index in [-0.39, 0.29) is 17.8 Å². The zero-order valence-corrected chi connectivity index (χ0v) is 19.7. The number of ether oxygens (including phenoxy) is 1. The van der Waals surface area contributed by atoms with E-state index in [0.717, 1.165) is 66.3 Å². The number of furan rings is 1. The molecule has 1 N–H and O–H groups in total. The van der Waals surface area contributed by atoms with E-state index in [1.165, 1.54) is 11.8 Å². The first kappa shape index (κ1) is 22.6. The predicted molar refractivity (Wildman–Crippen MR) is 126 cm³/mol. The standard InChI is InChI=1S/C24H30N4O3S/c1-4-17-8-6-9-18(5-2)22(17)25-21(29)15-32-24-27-26-23(20-11-13-30-16(20)3)28(24)14-19-10-7-12-31-19/h6,8-9,11,13,19H,4-5,7,10,12,14-15H2,1-3H3,(H,25,29). The zero-order chi connectivity index (χ0) is 22.5. The molecule has 1 fully saturated rings. The van der Waals surface area contributed by atoms with Crippen molar-refractivity contribution in [2.75, 3.05) is 17.7 Å². The third-order valence-corrected chi connectivity index (χ3v) is 6.79. The van der Waals surface area contributed by atoms with Gasteiger partial charge < -0.3 is 14.5 Å². The molecule has 1 atom stereocenters. The van der Waals surface area contributed by atoms with Crippen LogP contribution in [0.4, 0.5) is 5.69 Å². The Balaban J connectivity index is 1.51. The first-order valence-corrected chi connectivity index (χ1v) is 12.2. The third kappa shape index (κ3) is 4.91. The molecule has 0 saturated carbocycles. The SMILES string of the molecule is CCc1cccc(CC)c1NC(=O)CSc1nnc(-c2ccoc2C)n1CC1CCCO1. The summed E-state index contributed by atoms with van der Waals surface area (Å²) in [6.45, 7) is 7.57. The Morgan fingerprint density at radius 1 is 1.22 bits per heavy atom. The van der Waals surface area contributed by atoms with Crippen molar-refractivity contribution in [3.63, 3.8) is 0 Å². The Kier molecular flexibility index (Phi) is 7.32. The van der Waals surface area contributed by atoms with Crippen LogP contribution < -0.4 is 5.32 Å². The van der Waals surface area contributed by atoms with Crippen molar-refractivity contribution < 1.29 is 13.9 Å². The summed E-state index contributed by atoms with van der Waals surface area (Å²) in [5.74, 6) is 1.76. The Hall–Kier alpha value is -2.58. The number of carbonyl (C=O) groups excluding carboxylic acids is 1. The number of hydrogen-bond donors (Lipinski definition) is 1. The lowest BCUT2D eigenvalue weighted by Crippen LogP contribution is -2.19. The maximum Gasteiger partial charge on any atom is 0.234 e. The van der Waals surface area contributed by atoms with Gasteiger partial charge in [0.05, 0.1) is 30.2 Å². The molecule has 0 radical (unpaired) electrons. The van der Waals surface area contributed by atoms with Gasteiger partial charge in [-0.3, -0.25) is 9.36 Å². The van der Waals surface area contributed by atoms with Crippen molar-refractivity contribution in [3.05, 3.63) is 47.4 Å². The molecule has 1 saturated heterocycles. The minimum Gasteiger partial charge on any atom is -0.469 e. The fourth-order valence-electron chi connectivity index (χ4n) is 4.08. The van der Waals surface area contributed by atoms with Crippen LogP contribution in [0, 0.1) is 6.92 Å². The Morgan fingerprint density at radius 2 is 2.00 bits per heavy atom. The summed E-state index contributed by atoms with van der Waals surface area (Å²) < 4.78 is 13.4. The summed E-state index contributed by atoms with van der Waals surface area (Å²) in [6, 6.07) is 8.09. The van der Waals surface area contributed by atoms with Crippen LogP contribution >= 0.6 is 11.8 Å². The maximum absolute atomic E-state index is 12.8. The summed E-state index contributed by atoms with van der Waals surface area (Å²) in [7, 11) is 0. The number of nitrogens with one attached hydrogen (secondary N) is 1. The predicted octanol–water partition coefficient (Wildman–Crippen LogP) is 4.88. The van der Waals surface area contributed by atoms with Crippen LogP contribution in [-0.4, -0.2) is 39.1 Å². The lowest BCUT2D eigenvalue weighted by molar-refractivity contribution is -0.113. The molecule has 0 bridgehead atoms. The third-order valence-electron chi connectivity index (χ3n) is 5.82. The van der Waals surface area contributed by atoms with Gasteiger partial charge in [-0.1, -0.05) is 43.8 Å². The van der Waals surface area contributed by atoms with E-state index in [4.69, 9.17) is 9.15 Å². The van der Waals surface area contributed by atoms with Gasteiger partial charge in [-0.25, -0.2) is 0 Å². The van der Waals surface area contributed by atoms with Crippen molar-refractivity contribution in [2.45, 2.75) is 64.3 Å². The molecular weight excluding hydrogens is 424 g/mol. The quantitative estimate of drug-likeness (QED) is 0.464. The number of carbonyl (C=O) groups is 1. The van der Waals surface area contributed by atoms with Crippen molar-refractivity contribution >= 4 is 23.4 Å². The van der Waals surface area contributed by atoms with Crippen molar-refractivity contribution in [1.29, 1.82) is 0 Å². The highest BCUT2D eigenvalue weighted by molar-refractivity contribution is 7.99. The smallest absolute Gasteiger partial charge is 0.234 e. The summed E-state index contributed by atoms with van der Waals surface area (Å²) >= 11 is 1.40. The van der Waals surface area contributed by atoms with E-state index < -0.39 is 0 Å². The summed E-state index contributed by atoms with van der Waals surface area (Å²) in [5.41, 5.74) is 4.17. The van der Waals surface area contributed by atoms with Crippen LogP contribution in [0.25, 0.3) is 11.4 Å². The number of nitrogens with zero attached hydrogens (tertiary/aromatic N) is 3. The summed E-state index contributed by atoms with van der Waals surface area (Å²) in [6.07, 6.45) is 5.62. The van der Waals surface area contributed by atoms with Gasteiger partial charge in [-0.05, 0) is 49.8 Å². The molecule has 32 heavy (non-hydrogen) atoms. The Morgan fingerprint density at radius 3 is 2.62 bits per heavy atom. The molecule has 7 nitrogen and oxygen atoms in total. The second-order valence-electron chi connectivity index (χ2n) is 7.94. The molecule has 8 heteroatoms. The van der Waals surface area contributed by atoms with Gasteiger partial charge in [0, 0.05) is 12.3 Å². The molecule has 170 valence electrons. The minimum absolute atomic E-state index is 0.0432. The van der Waals surface area contributed by atoms with Crippen LogP contribution in [-0.2, 0) is 28.9 Å². The highest BCUT2D eigenvalue weighted by Gasteiger charge is 2.23. The number of anilines is 1. The van der Waals surface area contributed by atoms with Gasteiger partial charge in [0.15, 0.2) is 11.0 Å². The fourth-order valence-corrected chi connectivity index (χ4v) is 4.82. The second kappa shape index (κ2) is 10.4. The monoisotopic (exact) mass is 454 g/mol. The average Bonchev–Trinajstić information content (AvgIpc) is 3.55. The number of aromatic nitrogens is 3. The van der Waals surface area contributed by atoms with Crippen LogP contribution in [0.2, 0.25) is 0 Å². The molecule has 3 aromatic rings. The molecule has 4 rings (SSSR count). The molecule has 1 aromatic carbocycles. The van der Waals surface area contributed by atoms with Crippen LogP contribution in [0.15, 0.2) is 40.1 Å². The molecular formula is C24H30N4O3S. The van der Waals surface area contributed by atoms with E-state index in [1.54, 1.807) is 6.26 Å². The number of amides is 1. The Labute approximate surface area is 192 Å².